The summed E-state index contributed by atoms with van der Waals surface area (Å²) in [5, 5.41) is 4.73. The van der Waals surface area contributed by atoms with Gasteiger partial charge < -0.3 is 13.6 Å². The molecule has 0 N–H and O–H groups in total. The van der Waals surface area contributed by atoms with Gasteiger partial charge in [-0.3, -0.25) is 0 Å². The van der Waals surface area contributed by atoms with Crippen LogP contribution in [0.5, 0.6) is 0 Å². The number of aromatic nitrogens is 6. The molecule has 0 spiro atoms. The van der Waals surface area contributed by atoms with E-state index in [1.807, 2.05) is 78.9 Å². The third-order valence-electron chi connectivity index (χ3n) is 13.6. The first-order valence-corrected chi connectivity index (χ1v) is 23.8. The number of para-hydroxylation sites is 3. The summed E-state index contributed by atoms with van der Waals surface area (Å²) < 4.78 is 11.3. The van der Waals surface area contributed by atoms with E-state index in [0.29, 0.717) is 23.4 Å². The lowest BCUT2D eigenvalue weighted by atomic mass is 10.0. The first-order chi connectivity index (χ1) is 35.2. The molecule has 332 valence electrons. The van der Waals surface area contributed by atoms with Crippen molar-refractivity contribution in [3.8, 4) is 79.2 Å². The third kappa shape index (κ3) is 6.82. The van der Waals surface area contributed by atoms with Crippen LogP contribution in [0.3, 0.4) is 0 Å². The highest BCUT2D eigenvalue weighted by atomic mass is 16.3. The minimum atomic E-state index is 0.608. The fourth-order valence-electron chi connectivity index (χ4n) is 10.3. The van der Waals surface area contributed by atoms with Gasteiger partial charge in [-0.1, -0.05) is 176 Å². The molecule has 14 aromatic rings. The van der Waals surface area contributed by atoms with Gasteiger partial charge in [-0.25, -0.2) is 19.9 Å². The summed E-state index contributed by atoms with van der Waals surface area (Å²) in [6, 6.07) is 84.7. The van der Waals surface area contributed by atoms with E-state index in [2.05, 4.69) is 173 Å². The van der Waals surface area contributed by atoms with E-state index in [1.54, 1.807) is 0 Å². The van der Waals surface area contributed by atoms with E-state index >= 15 is 0 Å². The number of fused-ring (bicyclic) bond motifs is 8. The standard InChI is InChI=1S/C64H40N6O/c1-4-15-41(16-5-1)42-27-29-45(30-28-42)62-66-61(44-17-6-2-7-18-44)67-63(68-62)46-33-37-49(38-34-46)70-57-26-13-11-22-52(57)54-40-39-53-51-21-10-12-25-56(51)69(58(53)59(54)70)48-35-31-43(32-36-48)50-23-14-24-55-60(50)71-64(65-55)47-19-8-3-9-20-47/h1-40H. The molecule has 10 aromatic carbocycles. The van der Waals surface area contributed by atoms with Crippen molar-refractivity contribution < 1.29 is 4.42 Å². The van der Waals surface area contributed by atoms with E-state index in [0.717, 1.165) is 89.0 Å². The van der Waals surface area contributed by atoms with Gasteiger partial charge in [0.25, 0.3) is 0 Å². The molecule has 0 amide bonds. The smallest absolute Gasteiger partial charge is 0.227 e. The van der Waals surface area contributed by atoms with Gasteiger partial charge in [0.15, 0.2) is 23.1 Å². The zero-order valence-corrected chi connectivity index (χ0v) is 38.2. The van der Waals surface area contributed by atoms with Crippen molar-refractivity contribution in [2.45, 2.75) is 0 Å². The van der Waals surface area contributed by atoms with Gasteiger partial charge in [-0.2, -0.15) is 0 Å². The molecule has 7 heteroatoms. The third-order valence-corrected chi connectivity index (χ3v) is 13.6. The van der Waals surface area contributed by atoms with Crippen LogP contribution in [-0.4, -0.2) is 29.1 Å². The minimum Gasteiger partial charge on any atom is -0.435 e. The van der Waals surface area contributed by atoms with Crippen LogP contribution >= 0.6 is 0 Å². The van der Waals surface area contributed by atoms with Gasteiger partial charge >= 0.3 is 0 Å². The molecule has 0 saturated carbocycles. The zero-order valence-electron chi connectivity index (χ0n) is 38.2. The first-order valence-electron chi connectivity index (χ1n) is 23.8. The number of hydrogen-bond donors (Lipinski definition) is 0. The maximum Gasteiger partial charge on any atom is 0.227 e. The van der Waals surface area contributed by atoms with Crippen LogP contribution in [0.2, 0.25) is 0 Å². The Kier molecular flexibility index (Phi) is 9.38. The summed E-state index contributed by atoms with van der Waals surface area (Å²) in [7, 11) is 0. The second-order valence-electron chi connectivity index (χ2n) is 17.8. The summed E-state index contributed by atoms with van der Waals surface area (Å²) in [5.41, 5.74) is 16.3. The molecule has 4 heterocycles. The lowest BCUT2D eigenvalue weighted by Gasteiger charge is -2.14. The Morgan fingerprint density at radius 3 is 1.23 bits per heavy atom. The predicted molar refractivity (Wildman–Crippen MR) is 289 cm³/mol. The molecule has 0 aliphatic carbocycles. The minimum absolute atomic E-state index is 0.608. The highest BCUT2D eigenvalue weighted by Gasteiger charge is 2.22. The van der Waals surface area contributed by atoms with E-state index in [9.17, 15) is 0 Å². The number of nitrogens with zero attached hydrogens (tertiary/aromatic N) is 6. The van der Waals surface area contributed by atoms with Crippen LogP contribution in [-0.2, 0) is 0 Å². The summed E-state index contributed by atoms with van der Waals surface area (Å²) in [6.07, 6.45) is 0. The van der Waals surface area contributed by atoms with Crippen LogP contribution in [0.15, 0.2) is 247 Å². The Hall–Kier alpha value is -9.72. The molecule has 71 heavy (non-hydrogen) atoms. The topological polar surface area (TPSA) is 74.6 Å². The number of oxazole rings is 1. The Morgan fingerprint density at radius 1 is 0.282 bits per heavy atom. The highest BCUT2D eigenvalue weighted by Crippen LogP contribution is 2.43. The molecular weight excluding hydrogens is 869 g/mol. The van der Waals surface area contributed by atoms with Crippen LogP contribution in [0.1, 0.15) is 0 Å². The van der Waals surface area contributed by atoms with Crippen molar-refractivity contribution in [3.63, 3.8) is 0 Å². The molecule has 0 unspecified atom stereocenters. The Balaban J connectivity index is 0.903. The Morgan fingerprint density at radius 2 is 0.690 bits per heavy atom. The monoisotopic (exact) mass is 908 g/mol. The van der Waals surface area contributed by atoms with Crippen molar-refractivity contribution in [2.24, 2.45) is 0 Å². The van der Waals surface area contributed by atoms with Gasteiger partial charge in [0.05, 0.1) is 22.1 Å². The Labute approximate surface area is 408 Å². The van der Waals surface area contributed by atoms with Gasteiger partial charge in [0, 0.05) is 60.7 Å². The van der Waals surface area contributed by atoms with Crippen LogP contribution < -0.4 is 0 Å². The molecule has 4 aromatic heterocycles. The molecule has 0 saturated heterocycles. The lowest BCUT2D eigenvalue weighted by Crippen LogP contribution is -2.01. The fourth-order valence-corrected chi connectivity index (χ4v) is 10.3. The van der Waals surface area contributed by atoms with Crippen molar-refractivity contribution in [3.05, 3.63) is 243 Å². The average molecular weight is 909 g/mol. The van der Waals surface area contributed by atoms with Gasteiger partial charge in [0.1, 0.15) is 5.52 Å². The highest BCUT2D eigenvalue weighted by molar-refractivity contribution is 6.23. The van der Waals surface area contributed by atoms with Crippen molar-refractivity contribution >= 4 is 54.7 Å². The number of rotatable bonds is 8. The maximum atomic E-state index is 6.46. The average Bonchev–Trinajstić information content (AvgIpc) is 4.15. The number of benzene rings is 10. The molecule has 0 aliphatic rings. The maximum absolute atomic E-state index is 6.46. The molecule has 0 bridgehead atoms. The summed E-state index contributed by atoms with van der Waals surface area (Å²) in [4.78, 5) is 20.1. The normalized spacial score (nSPS) is 11.7. The molecule has 14 rings (SSSR count). The van der Waals surface area contributed by atoms with E-state index in [4.69, 9.17) is 24.4 Å². The van der Waals surface area contributed by atoms with Crippen molar-refractivity contribution in [1.82, 2.24) is 29.1 Å². The number of hydrogen-bond acceptors (Lipinski definition) is 5. The van der Waals surface area contributed by atoms with E-state index in [-0.39, 0.29) is 0 Å². The molecule has 0 atom stereocenters. The molecule has 0 aliphatic heterocycles. The predicted octanol–water partition coefficient (Wildman–Crippen LogP) is 16.2. The second kappa shape index (κ2) is 16.5. The molecular formula is C64H40N6O. The van der Waals surface area contributed by atoms with Gasteiger partial charge in [-0.15, -0.1) is 0 Å². The summed E-state index contributed by atoms with van der Waals surface area (Å²) in [6.45, 7) is 0. The Bertz CT molecular complexity index is 4290. The van der Waals surface area contributed by atoms with E-state index in [1.165, 1.54) is 21.5 Å². The second-order valence-corrected chi connectivity index (χ2v) is 17.8. The van der Waals surface area contributed by atoms with Gasteiger partial charge in [-0.05, 0) is 83.4 Å². The van der Waals surface area contributed by atoms with Crippen molar-refractivity contribution in [1.29, 1.82) is 0 Å². The summed E-state index contributed by atoms with van der Waals surface area (Å²) in [5.74, 6) is 2.47. The van der Waals surface area contributed by atoms with Crippen LogP contribution in [0.4, 0.5) is 0 Å². The molecule has 0 fully saturated rings. The fraction of sp³-hybridized carbons (Fsp3) is 0. The van der Waals surface area contributed by atoms with Gasteiger partial charge in [0.2, 0.25) is 5.89 Å². The van der Waals surface area contributed by atoms with Crippen molar-refractivity contribution in [2.75, 3.05) is 0 Å². The largest absolute Gasteiger partial charge is 0.435 e. The lowest BCUT2D eigenvalue weighted by molar-refractivity contribution is 0.621. The molecule has 0 radical (unpaired) electrons. The first kappa shape index (κ1) is 40.4. The SMILES string of the molecule is c1ccc(-c2ccc(-c3nc(-c4ccccc4)nc(-c4ccc(-n5c6ccccc6c6ccc7c8ccccc8n(-c8ccc(-c9cccc%10nc(-c%11ccccc%11)oc9%10)cc8)c7c65)cc4)n3)cc2)cc1. The zero-order chi connectivity index (χ0) is 46.8. The molecule has 7 nitrogen and oxygen atoms in total. The van der Waals surface area contributed by atoms with Crippen LogP contribution in [0, 0.1) is 0 Å². The van der Waals surface area contributed by atoms with Crippen LogP contribution in [0.25, 0.3) is 134 Å². The quantitative estimate of drug-likeness (QED) is 0.152. The summed E-state index contributed by atoms with van der Waals surface area (Å²) >= 11 is 0. The van der Waals surface area contributed by atoms with E-state index < -0.39 is 0 Å².